The first kappa shape index (κ1) is 12.8. The van der Waals surface area contributed by atoms with Gasteiger partial charge in [-0.1, -0.05) is 12.1 Å². The molecule has 5 heteroatoms. The molecule has 0 saturated heterocycles. The van der Waals surface area contributed by atoms with E-state index in [2.05, 4.69) is 5.32 Å². The molecule has 0 spiro atoms. The SMILES string of the molecule is COc1ccccc1C(=O)NC1CCC(F)(F)C1. The van der Waals surface area contributed by atoms with Crippen molar-refractivity contribution >= 4 is 5.91 Å². The zero-order valence-corrected chi connectivity index (χ0v) is 10.1. The minimum atomic E-state index is -2.65. The van der Waals surface area contributed by atoms with Crippen molar-refractivity contribution in [3.05, 3.63) is 29.8 Å². The number of hydrogen-bond donors (Lipinski definition) is 1. The molecule has 2 rings (SSSR count). The van der Waals surface area contributed by atoms with E-state index >= 15 is 0 Å². The third-order valence-electron chi connectivity index (χ3n) is 3.09. The van der Waals surface area contributed by atoms with Gasteiger partial charge in [-0.2, -0.15) is 0 Å². The van der Waals surface area contributed by atoms with Gasteiger partial charge in [-0.3, -0.25) is 4.79 Å². The van der Waals surface area contributed by atoms with Crippen LogP contribution in [0.25, 0.3) is 0 Å². The molecule has 1 aliphatic carbocycles. The highest BCUT2D eigenvalue weighted by molar-refractivity contribution is 5.97. The number of hydrogen-bond acceptors (Lipinski definition) is 2. The molecule has 0 aromatic heterocycles. The molecule has 1 saturated carbocycles. The quantitative estimate of drug-likeness (QED) is 0.901. The highest BCUT2D eigenvalue weighted by atomic mass is 19.3. The average molecular weight is 255 g/mol. The minimum absolute atomic E-state index is 0.163. The maximum Gasteiger partial charge on any atom is 0.255 e. The van der Waals surface area contributed by atoms with E-state index in [-0.39, 0.29) is 18.7 Å². The van der Waals surface area contributed by atoms with Crippen LogP contribution in [0.2, 0.25) is 0 Å². The summed E-state index contributed by atoms with van der Waals surface area (Å²) in [6.45, 7) is 0. The van der Waals surface area contributed by atoms with Crippen LogP contribution in [0.4, 0.5) is 8.78 Å². The number of nitrogens with one attached hydrogen (secondary N) is 1. The van der Waals surface area contributed by atoms with Crippen LogP contribution >= 0.6 is 0 Å². The van der Waals surface area contributed by atoms with Crippen molar-refractivity contribution in [2.45, 2.75) is 31.2 Å². The number of carbonyl (C=O) groups excluding carboxylic acids is 1. The molecule has 0 aliphatic heterocycles. The maximum absolute atomic E-state index is 13.0. The fraction of sp³-hybridized carbons (Fsp3) is 0.462. The Balaban J connectivity index is 2.04. The average Bonchev–Trinajstić information content (AvgIpc) is 2.68. The number of alkyl halides is 2. The summed E-state index contributed by atoms with van der Waals surface area (Å²) >= 11 is 0. The van der Waals surface area contributed by atoms with Crippen molar-refractivity contribution in [3.8, 4) is 5.75 Å². The summed E-state index contributed by atoms with van der Waals surface area (Å²) in [5.74, 6) is -2.58. The largest absolute Gasteiger partial charge is 0.496 e. The van der Waals surface area contributed by atoms with Gasteiger partial charge >= 0.3 is 0 Å². The van der Waals surface area contributed by atoms with E-state index in [1.54, 1.807) is 24.3 Å². The molecular formula is C13H15F2NO2. The molecule has 1 aliphatic rings. The molecule has 1 atom stereocenters. The lowest BCUT2D eigenvalue weighted by Gasteiger charge is -2.14. The van der Waals surface area contributed by atoms with Gasteiger partial charge in [-0.05, 0) is 18.6 Å². The Morgan fingerprint density at radius 3 is 2.78 bits per heavy atom. The van der Waals surface area contributed by atoms with Crippen LogP contribution in [-0.2, 0) is 0 Å². The molecule has 1 unspecified atom stereocenters. The third-order valence-corrected chi connectivity index (χ3v) is 3.09. The molecular weight excluding hydrogens is 240 g/mol. The summed E-state index contributed by atoms with van der Waals surface area (Å²) in [4.78, 5) is 12.0. The highest BCUT2D eigenvalue weighted by Gasteiger charge is 2.40. The molecule has 1 aromatic rings. The number of methoxy groups -OCH3 is 1. The Hall–Kier alpha value is -1.65. The second-order valence-electron chi connectivity index (χ2n) is 4.47. The van der Waals surface area contributed by atoms with Crippen LogP contribution in [0.15, 0.2) is 24.3 Å². The number of carbonyl (C=O) groups is 1. The fourth-order valence-corrected chi connectivity index (χ4v) is 2.17. The first-order valence-electron chi connectivity index (χ1n) is 5.83. The first-order valence-corrected chi connectivity index (χ1v) is 5.83. The number of para-hydroxylation sites is 1. The van der Waals surface area contributed by atoms with Crippen molar-refractivity contribution in [1.82, 2.24) is 5.32 Å². The van der Waals surface area contributed by atoms with Crippen LogP contribution < -0.4 is 10.1 Å². The standard InChI is InChI=1S/C13H15F2NO2/c1-18-11-5-3-2-4-10(11)12(17)16-9-6-7-13(14,15)8-9/h2-5,9H,6-8H2,1H3,(H,16,17). The predicted octanol–water partition coefficient (Wildman–Crippen LogP) is 2.61. The minimum Gasteiger partial charge on any atom is -0.496 e. The normalized spacial score (nSPS) is 21.6. The summed E-state index contributed by atoms with van der Waals surface area (Å²) in [6.07, 6.45) is -0.133. The van der Waals surface area contributed by atoms with Gasteiger partial charge in [0.05, 0.1) is 12.7 Å². The highest BCUT2D eigenvalue weighted by Crippen LogP contribution is 2.35. The van der Waals surface area contributed by atoms with E-state index in [0.29, 0.717) is 17.7 Å². The van der Waals surface area contributed by atoms with E-state index in [4.69, 9.17) is 4.74 Å². The lowest BCUT2D eigenvalue weighted by Crippen LogP contribution is -2.34. The number of benzene rings is 1. The smallest absolute Gasteiger partial charge is 0.255 e. The van der Waals surface area contributed by atoms with Gasteiger partial charge in [-0.15, -0.1) is 0 Å². The van der Waals surface area contributed by atoms with E-state index in [9.17, 15) is 13.6 Å². The predicted molar refractivity (Wildman–Crippen MR) is 63.0 cm³/mol. The second kappa shape index (κ2) is 4.92. The zero-order chi connectivity index (χ0) is 13.2. The summed E-state index contributed by atoms with van der Waals surface area (Å²) in [6, 6.07) is 6.27. The zero-order valence-electron chi connectivity index (χ0n) is 10.1. The molecule has 18 heavy (non-hydrogen) atoms. The van der Waals surface area contributed by atoms with E-state index in [1.807, 2.05) is 0 Å². The van der Waals surface area contributed by atoms with Crippen molar-refractivity contribution < 1.29 is 18.3 Å². The molecule has 1 aromatic carbocycles. The van der Waals surface area contributed by atoms with Gasteiger partial charge in [0.2, 0.25) is 5.92 Å². The van der Waals surface area contributed by atoms with Gasteiger partial charge in [0, 0.05) is 18.9 Å². The molecule has 3 nitrogen and oxygen atoms in total. The van der Waals surface area contributed by atoms with Crippen molar-refractivity contribution in [3.63, 3.8) is 0 Å². The van der Waals surface area contributed by atoms with Crippen molar-refractivity contribution in [1.29, 1.82) is 0 Å². The molecule has 0 bridgehead atoms. The fourth-order valence-electron chi connectivity index (χ4n) is 2.17. The summed E-state index contributed by atoms with van der Waals surface area (Å²) in [5, 5.41) is 2.63. The van der Waals surface area contributed by atoms with Gasteiger partial charge in [0.1, 0.15) is 5.75 Å². The number of rotatable bonds is 3. The second-order valence-corrected chi connectivity index (χ2v) is 4.47. The van der Waals surface area contributed by atoms with Crippen LogP contribution in [-0.4, -0.2) is 25.0 Å². The summed E-state index contributed by atoms with van der Waals surface area (Å²) in [7, 11) is 1.47. The van der Waals surface area contributed by atoms with Gasteiger partial charge in [0.25, 0.3) is 5.91 Å². The molecule has 98 valence electrons. The van der Waals surface area contributed by atoms with Crippen LogP contribution in [0.3, 0.4) is 0 Å². The lowest BCUT2D eigenvalue weighted by molar-refractivity contribution is 0.00711. The van der Waals surface area contributed by atoms with Crippen LogP contribution in [0.5, 0.6) is 5.75 Å². The van der Waals surface area contributed by atoms with Crippen LogP contribution in [0, 0.1) is 0 Å². The summed E-state index contributed by atoms with van der Waals surface area (Å²) < 4.78 is 31.1. The van der Waals surface area contributed by atoms with E-state index in [0.717, 1.165) is 0 Å². The Kier molecular flexibility index (Phi) is 3.50. The van der Waals surface area contributed by atoms with Crippen LogP contribution in [0.1, 0.15) is 29.6 Å². The van der Waals surface area contributed by atoms with Crippen molar-refractivity contribution in [2.24, 2.45) is 0 Å². The monoisotopic (exact) mass is 255 g/mol. The van der Waals surface area contributed by atoms with E-state index in [1.165, 1.54) is 7.11 Å². The van der Waals surface area contributed by atoms with E-state index < -0.39 is 12.0 Å². The molecule has 0 radical (unpaired) electrons. The molecule has 1 N–H and O–H groups in total. The Bertz CT molecular complexity index is 448. The number of halogens is 2. The molecule has 1 amide bonds. The first-order chi connectivity index (χ1) is 8.52. The summed E-state index contributed by atoms with van der Waals surface area (Å²) in [5.41, 5.74) is 0.371. The van der Waals surface area contributed by atoms with Gasteiger partial charge in [-0.25, -0.2) is 8.78 Å². The Morgan fingerprint density at radius 2 is 2.17 bits per heavy atom. The lowest BCUT2D eigenvalue weighted by atomic mass is 10.1. The molecule has 0 heterocycles. The maximum atomic E-state index is 13.0. The van der Waals surface area contributed by atoms with Gasteiger partial charge < -0.3 is 10.1 Å². The molecule has 1 fully saturated rings. The topological polar surface area (TPSA) is 38.3 Å². The van der Waals surface area contributed by atoms with Gasteiger partial charge in [0.15, 0.2) is 0 Å². The Labute approximate surface area is 104 Å². The number of amides is 1. The van der Waals surface area contributed by atoms with Crippen molar-refractivity contribution in [2.75, 3.05) is 7.11 Å². The third kappa shape index (κ3) is 2.78. The number of ether oxygens (including phenoxy) is 1. The Morgan fingerprint density at radius 1 is 1.44 bits per heavy atom.